The monoisotopic (exact) mass is 258 g/mol. The number of nitrogens with zero attached hydrogens (tertiary/aromatic N) is 2. The lowest BCUT2D eigenvalue weighted by atomic mass is 10.1. The van der Waals surface area contributed by atoms with Crippen molar-refractivity contribution >= 4 is 5.78 Å². The van der Waals surface area contributed by atoms with Gasteiger partial charge < -0.3 is 9.30 Å². The summed E-state index contributed by atoms with van der Waals surface area (Å²) in [5, 5.41) is 0. The predicted molar refractivity (Wildman–Crippen MR) is 73.2 cm³/mol. The summed E-state index contributed by atoms with van der Waals surface area (Å²) in [6.07, 6.45) is 6.94. The van der Waals surface area contributed by atoms with Crippen molar-refractivity contribution in [3.8, 4) is 5.75 Å². The summed E-state index contributed by atoms with van der Waals surface area (Å²) < 4.78 is 7.67. The zero-order chi connectivity index (χ0) is 13.5. The van der Waals surface area contributed by atoms with Crippen LogP contribution >= 0.6 is 0 Å². The van der Waals surface area contributed by atoms with E-state index >= 15 is 0 Å². The molecule has 0 radical (unpaired) electrons. The Hall–Kier alpha value is -2.10. The van der Waals surface area contributed by atoms with E-state index in [-0.39, 0.29) is 5.78 Å². The van der Waals surface area contributed by atoms with Crippen LogP contribution in [0.5, 0.6) is 5.75 Å². The SMILES string of the molecule is CC(=O)Cc1ccc(OCCCn2ccnc2)cc1. The molecule has 1 aromatic carbocycles. The number of Topliss-reactive ketones (excluding diaryl/α,β-unsaturated/α-hetero) is 1. The summed E-state index contributed by atoms with van der Waals surface area (Å²) in [6.45, 7) is 3.17. The molecule has 2 rings (SSSR count). The molecule has 0 spiro atoms. The minimum absolute atomic E-state index is 0.175. The first-order valence-corrected chi connectivity index (χ1v) is 6.41. The highest BCUT2D eigenvalue weighted by Gasteiger charge is 1.99. The zero-order valence-electron chi connectivity index (χ0n) is 11.1. The highest BCUT2D eigenvalue weighted by atomic mass is 16.5. The van der Waals surface area contributed by atoms with E-state index in [2.05, 4.69) is 4.98 Å². The normalized spacial score (nSPS) is 10.4. The summed E-state index contributed by atoms with van der Waals surface area (Å²) in [5.74, 6) is 1.02. The van der Waals surface area contributed by atoms with Crippen LogP contribution in [0.25, 0.3) is 0 Å². The Balaban J connectivity index is 1.72. The van der Waals surface area contributed by atoms with Crippen molar-refractivity contribution in [3.05, 3.63) is 48.5 Å². The van der Waals surface area contributed by atoms with Gasteiger partial charge in [-0.25, -0.2) is 4.98 Å². The van der Waals surface area contributed by atoms with E-state index in [9.17, 15) is 4.79 Å². The smallest absolute Gasteiger partial charge is 0.134 e. The van der Waals surface area contributed by atoms with E-state index in [4.69, 9.17) is 4.74 Å². The van der Waals surface area contributed by atoms with Gasteiger partial charge in [-0.2, -0.15) is 0 Å². The molecule has 4 heteroatoms. The Morgan fingerprint density at radius 3 is 2.74 bits per heavy atom. The van der Waals surface area contributed by atoms with Crippen LogP contribution in [0.2, 0.25) is 0 Å². The Labute approximate surface area is 113 Å². The van der Waals surface area contributed by atoms with Crippen molar-refractivity contribution in [2.45, 2.75) is 26.3 Å². The van der Waals surface area contributed by atoms with Gasteiger partial charge in [0.15, 0.2) is 0 Å². The average molecular weight is 258 g/mol. The number of rotatable bonds is 7. The molecule has 0 aliphatic carbocycles. The third-order valence-corrected chi connectivity index (χ3v) is 2.76. The Bertz CT molecular complexity index is 503. The summed E-state index contributed by atoms with van der Waals surface area (Å²) >= 11 is 0. The van der Waals surface area contributed by atoms with E-state index in [1.165, 1.54) is 0 Å². The molecule has 0 saturated carbocycles. The lowest BCUT2D eigenvalue weighted by Gasteiger charge is -2.07. The van der Waals surface area contributed by atoms with Crippen LogP contribution in [-0.2, 0) is 17.8 Å². The van der Waals surface area contributed by atoms with Gasteiger partial charge in [-0.15, -0.1) is 0 Å². The molecule has 0 saturated heterocycles. The number of ketones is 1. The molecule has 0 aliphatic heterocycles. The summed E-state index contributed by atoms with van der Waals surface area (Å²) in [4.78, 5) is 15.0. The Morgan fingerprint density at radius 1 is 1.32 bits per heavy atom. The second-order valence-corrected chi connectivity index (χ2v) is 4.53. The second kappa shape index (κ2) is 6.73. The molecule has 0 aliphatic rings. The third-order valence-electron chi connectivity index (χ3n) is 2.76. The second-order valence-electron chi connectivity index (χ2n) is 4.53. The number of benzene rings is 1. The molecule has 2 aromatic rings. The van der Waals surface area contributed by atoms with Crippen molar-refractivity contribution < 1.29 is 9.53 Å². The van der Waals surface area contributed by atoms with Crippen LogP contribution < -0.4 is 4.74 Å². The predicted octanol–water partition coefficient (Wildman–Crippen LogP) is 2.48. The molecule has 0 unspecified atom stereocenters. The van der Waals surface area contributed by atoms with E-state index < -0.39 is 0 Å². The summed E-state index contributed by atoms with van der Waals surface area (Å²) in [6, 6.07) is 7.70. The molecule has 1 aromatic heterocycles. The number of ether oxygens (including phenoxy) is 1. The van der Waals surface area contributed by atoms with Gasteiger partial charge in [-0.3, -0.25) is 4.79 Å². The standard InChI is InChI=1S/C15H18N2O2/c1-13(18)11-14-3-5-15(6-4-14)19-10-2-8-17-9-7-16-12-17/h3-7,9,12H,2,8,10-11H2,1H3. The molecule has 4 nitrogen and oxygen atoms in total. The van der Waals surface area contributed by atoms with E-state index in [0.29, 0.717) is 13.0 Å². The third kappa shape index (κ3) is 4.58. The van der Waals surface area contributed by atoms with Gasteiger partial charge in [0.25, 0.3) is 0 Å². The van der Waals surface area contributed by atoms with Crippen LogP contribution in [0.4, 0.5) is 0 Å². The molecule has 0 fully saturated rings. The van der Waals surface area contributed by atoms with Crippen molar-refractivity contribution in [2.24, 2.45) is 0 Å². The van der Waals surface area contributed by atoms with Crippen LogP contribution in [0.1, 0.15) is 18.9 Å². The maximum absolute atomic E-state index is 11.0. The van der Waals surface area contributed by atoms with E-state index in [1.807, 2.05) is 35.0 Å². The highest BCUT2D eigenvalue weighted by Crippen LogP contribution is 2.13. The molecular formula is C15H18N2O2. The number of hydrogen-bond acceptors (Lipinski definition) is 3. The number of hydrogen-bond donors (Lipinski definition) is 0. The van der Waals surface area contributed by atoms with Crippen LogP contribution in [-0.4, -0.2) is 21.9 Å². The molecular weight excluding hydrogens is 240 g/mol. The maximum atomic E-state index is 11.0. The number of imidazole rings is 1. The number of aryl methyl sites for hydroxylation is 1. The molecule has 19 heavy (non-hydrogen) atoms. The van der Waals surface area contributed by atoms with Crippen molar-refractivity contribution in [3.63, 3.8) is 0 Å². The quantitative estimate of drug-likeness (QED) is 0.717. The van der Waals surface area contributed by atoms with Crippen molar-refractivity contribution in [1.29, 1.82) is 0 Å². The van der Waals surface area contributed by atoms with Crippen molar-refractivity contribution in [1.82, 2.24) is 9.55 Å². The van der Waals surface area contributed by atoms with Gasteiger partial charge in [0, 0.05) is 25.4 Å². The van der Waals surface area contributed by atoms with E-state index in [1.54, 1.807) is 19.4 Å². The van der Waals surface area contributed by atoms with Gasteiger partial charge in [0.1, 0.15) is 11.5 Å². The molecule has 0 amide bonds. The first-order valence-electron chi connectivity index (χ1n) is 6.41. The van der Waals surface area contributed by atoms with Gasteiger partial charge in [0.05, 0.1) is 12.9 Å². The maximum Gasteiger partial charge on any atom is 0.134 e. The van der Waals surface area contributed by atoms with Crippen LogP contribution in [0.15, 0.2) is 43.0 Å². The molecule has 0 N–H and O–H groups in total. The number of carbonyl (C=O) groups excluding carboxylic acids is 1. The fourth-order valence-corrected chi connectivity index (χ4v) is 1.85. The lowest BCUT2D eigenvalue weighted by molar-refractivity contribution is -0.116. The van der Waals surface area contributed by atoms with E-state index in [0.717, 1.165) is 24.3 Å². The first kappa shape index (κ1) is 13.3. The Kier molecular flexibility index (Phi) is 4.72. The number of carbonyl (C=O) groups is 1. The summed E-state index contributed by atoms with van der Waals surface area (Å²) in [7, 11) is 0. The fourth-order valence-electron chi connectivity index (χ4n) is 1.85. The number of aromatic nitrogens is 2. The molecule has 0 bridgehead atoms. The first-order chi connectivity index (χ1) is 9.24. The minimum Gasteiger partial charge on any atom is -0.494 e. The molecule has 0 atom stereocenters. The van der Waals surface area contributed by atoms with Crippen LogP contribution in [0.3, 0.4) is 0 Å². The minimum atomic E-state index is 0.175. The van der Waals surface area contributed by atoms with Gasteiger partial charge in [-0.1, -0.05) is 12.1 Å². The zero-order valence-corrected chi connectivity index (χ0v) is 11.1. The largest absolute Gasteiger partial charge is 0.494 e. The average Bonchev–Trinajstić information content (AvgIpc) is 2.89. The van der Waals surface area contributed by atoms with Crippen LogP contribution in [0, 0.1) is 0 Å². The summed E-state index contributed by atoms with van der Waals surface area (Å²) in [5.41, 5.74) is 1.03. The van der Waals surface area contributed by atoms with Gasteiger partial charge >= 0.3 is 0 Å². The highest BCUT2D eigenvalue weighted by molar-refractivity contribution is 5.78. The lowest BCUT2D eigenvalue weighted by Crippen LogP contribution is -2.03. The molecule has 1 heterocycles. The Morgan fingerprint density at radius 2 is 2.11 bits per heavy atom. The van der Waals surface area contributed by atoms with Gasteiger partial charge in [-0.05, 0) is 31.0 Å². The molecule has 100 valence electrons. The van der Waals surface area contributed by atoms with Crippen molar-refractivity contribution in [2.75, 3.05) is 6.61 Å². The van der Waals surface area contributed by atoms with Gasteiger partial charge in [0.2, 0.25) is 0 Å². The topological polar surface area (TPSA) is 44.1 Å². The fraction of sp³-hybridized carbons (Fsp3) is 0.333.